The monoisotopic (exact) mass is 301 g/mol. The van der Waals surface area contributed by atoms with E-state index in [4.69, 9.17) is 0 Å². The van der Waals surface area contributed by atoms with Crippen LogP contribution in [0.4, 0.5) is 0 Å². The highest BCUT2D eigenvalue weighted by Crippen LogP contribution is 2.39. The number of rotatable bonds is 6. The zero-order valence-corrected chi connectivity index (χ0v) is 12.7. The lowest BCUT2D eigenvalue weighted by molar-refractivity contribution is 0.145. The van der Waals surface area contributed by atoms with Gasteiger partial charge in [0, 0.05) is 43.1 Å². The third-order valence-corrected chi connectivity index (χ3v) is 4.86. The van der Waals surface area contributed by atoms with Crippen molar-refractivity contribution in [2.24, 2.45) is 5.92 Å². The van der Waals surface area contributed by atoms with E-state index < -0.39 is 0 Å². The summed E-state index contributed by atoms with van der Waals surface area (Å²) in [5.41, 5.74) is 2.31. The minimum atomic E-state index is -0.264. The maximum absolute atomic E-state index is 10.3. The van der Waals surface area contributed by atoms with Crippen molar-refractivity contribution < 1.29 is 5.11 Å². The summed E-state index contributed by atoms with van der Waals surface area (Å²) in [7, 11) is 0. The average molecular weight is 301 g/mol. The number of H-pyrrole nitrogens is 1. The lowest BCUT2D eigenvalue weighted by Gasteiger charge is -2.15. The fourth-order valence-electron chi connectivity index (χ4n) is 3.48. The molecule has 6 nitrogen and oxygen atoms in total. The third-order valence-electron chi connectivity index (χ3n) is 4.86. The number of nitrogens with one attached hydrogen (secondary N) is 2. The zero-order chi connectivity index (χ0) is 14.9. The van der Waals surface area contributed by atoms with Gasteiger partial charge in [0.25, 0.3) is 0 Å². The van der Waals surface area contributed by atoms with Crippen LogP contribution in [0.3, 0.4) is 0 Å². The van der Waals surface area contributed by atoms with Gasteiger partial charge in [-0.3, -0.25) is 5.10 Å². The van der Waals surface area contributed by atoms with Crippen molar-refractivity contribution in [1.29, 1.82) is 0 Å². The molecule has 0 radical (unpaired) electrons. The van der Waals surface area contributed by atoms with Gasteiger partial charge < -0.3 is 15.0 Å². The molecule has 1 unspecified atom stereocenters. The maximum atomic E-state index is 10.3. The Labute approximate surface area is 130 Å². The van der Waals surface area contributed by atoms with Gasteiger partial charge >= 0.3 is 0 Å². The Kier molecular flexibility index (Phi) is 3.72. The number of aliphatic hydroxyl groups excluding tert-OH is 1. The standard InChI is InChI=1S/C16H23N5O/c22-16-6-11(9-21-4-3-17-10-21)5-15(16)18-8-13-7-14(20-19-13)12-1-2-12/h3-4,7,10-12,15-16,18,22H,1-2,5-6,8-9H2,(H,19,20)/t11?,15-,16-/m1/s1. The molecule has 2 aliphatic carbocycles. The molecule has 2 aromatic heterocycles. The van der Waals surface area contributed by atoms with Crippen LogP contribution < -0.4 is 5.32 Å². The summed E-state index contributed by atoms with van der Waals surface area (Å²) in [5, 5.41) is 21.2. The van der Waals surface area contributed by atoms with Gasteiger partial charge in [0.05, 0.1) is 18.1 Å². The smallest absolute Gasteiger partial charge is 0.0945 e. The molecule has 2 fully saturated rings. The SMILES string of the molecule is O[C@@H]1CC(Cn2ccnc2)C[C@H]1NCc1cc(C2CC2)n[nH]1. The predicted octanol–water partition coefficient (Wildman–Crippen LogP) is 1.41. The van der Waals surface area contributed by atoms with E-state index in [1.54, 1.807) is 6.20 Å². The van der Waals surface area contributed by atoms with Crippen LogP contribution in [0.2, 0.25) is 0 Å². The van der Waals surface area contributed by atoms with Gasteiger partial charge in [-0.2, -0.15) is 5.10 Å². The van der Waals surface area contributed by atoms with Gasteiger partial charge in [0.15, 0.2) is 0 Å². The summed E-state index contributed by atoms with van der Waals surface area (Å²) in [6.07, 6.45) is 9.77. The maximum Gasteiger partial charge on any atom is 0.0945 e. The van der Waals surface area contributed by atoms with Gasteiger partial charge in [-0.25, -0.2) is 4.98 Å². The van der Waals surface area contributed by atoms with E-state index in [-0.39, 0.29) is 12.1 Å². The highest BCUT2D eigenvalue weighted by Gasteiger charge is 2.33. The van der Waals surface area contributed by atoms with Crippen LogP contribution in [0.1, 0.15) is 43.0 Å². The van der Waals surface area contributed by atoms with Crippen molar-refractivity contribution >= 4 is 0 Å². The second-order valence-corrected chi connectivity index (χ2v) is 6.74. The largest absolute Gasteiger partial charge is 0.391 e. The van der Waals surface area contributed by atoms with Gasteiger partial charge in [0.2, 0.25) is 0 Å². The molecule has 0 spiro atoms. The van der Waals surface area contributed by atoms with Crippen LogP contribution in [0.5, 0.6) is 0 Å². The Morgan fingerprint density at radius 2 is 2.27 bits per heavy atom. The van der Waals surface area contributed by atoms with Gasteiger partial charge in [-0.05, 0) is 37.7 Å². The van der Waals surface area contributed by atoms with E-state index in [0.717, 1.165) is 31.6 Å². The third kappa shape index (κ3) is 3.08. The molecule has 6 heteroatoms. The molecule has 0 bridgehead atoms. The minimum Gasteiger partial charge on any atom is -0.391 e. The number of aromatic nitrogens is 4. The Balaban J connectivity index is 1.28. The van der Waals surface area contributed by atoms with Crippen molar-refractivity contribution in [3.8, 4) is 0 Å². The summed E-state index contributed by atoms with van der Waals surface area (Å²) >= 11 is 0. The molecule has 118 valence electrons. The first-order chi connectivity index (χ1) is 10.8. The Bertz CT molecular complexity index is 604. The van der Waals surface area contributed by atoms with E-state index in [0.29, 0.717) is 11.8 Å². The van der Waals surface area contributed by atoms with Crippen molar-refractivity contribution in [3.63, 3.8) is 0 Å². The summed E-state index contributed by atoms with van der Waals surface area (Å²) in [4.78, 5) is 4.07. The second kappa shape index (κ2) is 5.85. The molecule has 2 saturated carbocycles. The summed E-state index contributed by atoms with van der Waals surface area (Å²) in [5.74, 6) is 1.19. The van der Waals surface area contributed by atoms with Crippen molar-refractivity contribution in [3.05, 3.63) is 36.2 Å². The first-order valence-corrected chi connectivity index (χ1v) is 8.19. The zero-order valence-electron chi connectivity index (χ0n) is 12.7. The lowest BCUT2D eigenvalue weighted by atomic mass is 10.1. The quantitative estimate of drug-likeness (QED) is 0.754. The van der Waals surface area contributed by atoms with Crippen molar-refractivity contribution in [1.82, 2.24) is 25.1 Å². The molecular formula is C16H23N5O. The van der Waals surface area contributed by atoms with Gasteiger partial charge in [-0.15, -0.1) is 0 Å². The summed E-state index contributed by atoms with van der Waals surface area (Å²) in [6.45, 7) is 1.68. The average Bonchev–Trinajstić information content (AvgIpc) is 2.91. The number of imidazole rings is 1. The van der Waals surface area contributed by atoms with Crippen molar-refractivity contribution in [2.75, 3.05) is 0 Å². The van der Waals surface area contributed by atoms with Crippen LogP contribution in [0.25, 0.3) is 0 Å². The fraction of sp³-hybridized carbons (Fsp3) is 0.625. The molecule has 4 rings (SSSR count). The van der Waals surface area contributed by atoms with Crippen LogP contribution >= 0.6 is 0 Å². The molecule has 0 aromatic carbocycles. The first kappa shape index (κ1) is 14.0. The Morgan fingerprint density at radius 1 is 1.36 bits per heavy atom. The topological polar surface area (TPSA) is 78.8 Å². The molecule has 0 aliphatic heterocycles. The highest BCUT2D eigenvalue weighted by atomic mass is 16.3. The number of aromatic amines is 1. The Morgan fingerprint density at radius 3 is 3.05 bits per heavy atom. The molecule has 2 aromatic rings. The van der Waals surface area contributed by atoms with Gasteiger partial charge in [0.1, 0.15) is 0 Å². The van der Waals surface area contributed by atoms with Crippen LogP contribution in [0.15, 0.2) is 24.8 Å². The van der Waals surface area contributed by atoms with E-state index in [1.165, 1.54) is 18.5 Å². The molecule has 22 heavy (non-hydrogen) atoms. The van der Waals surface area contributed by atoms with E-state index >= 15 is 0 Å². The number of hydrogen-bond acceptors (Lipinski definition) is 4. The summed E-state index contributed by atoms with van der Waals surface area (Å²) < 4.78 is 2.09. The van der Waals surface area contributed by atoms with Crippen LogP contribution in [-0.4, -0.2) is 37.0 Å². The first-order valence-electron chi connectivity index (χ1n) is 8.19. The van der Waals surface area contributed by atoms with Crippen LogP contribution in [0, 0.1) is 5.92 Å². The molecule has 0 amide bonds. The normalized spacial score (nSPS) is 28.3. The molecule has 2 heterocycles. The molecule has 0 saturated heterocycles. The van der Waals surface area contributed by atoms with Gasteiger partial charge in [-0.1, -0.05) is 0 Å². The number of hydrogen-bond donors (Lipinski definition) is 3. The van der Waals surface area contributed by atoms with Crippen molar-refractivity contribution in [2.45, 2.75) is 56.8 Å². The molecule has 2 aliphatic rings. The highest BCUT2D eigenvalue weighted by molar-refractivity contribution is 5.17. The number of aliphatic hydroxyl groups is 1. The molecular weight excluding hydrogens is 278 g/mol. The summed E-state index contributed by atoms with van der Waals surface area (Å²) in [6, 6.07) is 2.33. The van der Waals surface area contributed by atoms with E-state index in [1.807, 2.05) is 12.5 Å². The van der Waals surface area contributed by atoms with Crippen LogP contribution in [-0.2, 0) is 13.1 Å². The Hall–Kier alpha value is -1.66. The van der Waals surface area contributed by atoms with E-state index in [2.05, 4.69) is 31.1 Å². The second-order valence-electron chi connectivity index (χ2n) is 6.74. The molecule has 3 atom stereocenters. The predicted molar refractivity (Wildman–Crippen MR) is 82.1 cm³/mol. The fourth-order valence-corrected chi connectivity index (χ4v) is 3.48. The number of nitrogens with zero attached hydrogens (tertiary/aromatic N) is 3. The lowest BCUT2D eigenvalue weighted by Crippen LogP contribution is -2.35. The minimum absolute atomic E-state index is 0.168. The molecule has 3 N–H and O–H groups in total. The van der Waals surface area contributed by atoms with E-state index in [9.17, 15) is 5.11 Å².